The molecule has 0 spiro atoms. The van der Waals surface area contributed by atoms with Crippen molar-refractivity contribution in [3.63, 3.8) is 0 Å². The third-order valence-corrected chi connectivity index (χ3v) is 1.80. The zero-order valence-corrected chi connectivity index (χ0v) is 7.57. The topological polar surface area (TPSA) is 27.8 Å². The number of hydrogen-bond donors (Lipinski definition) is 2. The molecule has 0 aromatic carbocycles. The molecule has 0 aliphatic rings. The molecule has 1 aromatic heterocycles. The second kappa shape index (κ2) is 3.99. The molecule has 0 fully saturated rings. The number of nitrogens with one attached hydrogen (secondary N) is 2. The van der Waals surface area contributed by atoms with Crippen molar-refractivity contribution in [1.29, 1.82) is 0 Å². The molecule has 2 N–H and O–H groups in total. The van der Waals surface area contributed by atoms with E-state index in [1.54, 1.807) is 0 Å². The maximum Gasteiger partial charge on any atom is 0.0576 e. The Morgan fingerprint density at radius 2 is 2.33 bits per heavy atom. The van der Waals surface area contributed by atoms with Crippen LogP contribution >= 0.6 is 0 Å². The molecule has 0 saturated heterocycles. The van der Waals surface area contributed by atoms with E-state index >= 15 is 0 Å². The zero-order chi connectivity index (χ0) is 8.97. The molecule has 0 amide bonds. The van der Waals surface area contributed by atoms with Crippen LogP contribution in [0.25, 0.3) is 0 Å². The largest absolute Gasteiger partial charge is 0.362 e. The fourth-order valence-electron chi connectivity index (χ4n) is 1.23. The Bertz CT molecular complexity index is 291. The summed E-state index contributed by atoms with van der Waals surface area (Å²) >= 11 is 0. The van der Waals surface area contributed by atoms with Gasteiger partial charge in [-0.1, -0.05) is 5.92 Å². The molecule has 0 unspecified atom stereocenters. The van der Waals surface area contributed by atoms with Gasteiger partial charge in [0.2, 0.25) is 0 Å². The monoisotopic (exact) mass is 162 g/mol. The van der Waals surface area contributed by atoms with Gasteiger partial charge in [0.1, 0.15) is 0 Å². The molecule has 0 aliphatic carbocycles. The van der Waals surface area contributed by atoms with E-state index in [0.29, 0.717) is 6.54 Å². The van der Waals surface area contributed by atoms with Crippen LogP contribution in [0.15, 0.2) is 6.07 Å². The van der Waals surface area contributed by atoms with Gasteiger partial charge in [-0.25, -0.2) is 0 Å². The van der Waals surface area contributed by atoms with Gasteiger partial charge in [-0.3, -0.25) is 0 Å². The van der Waals surface area contributed by atoms with Crippen LogP contribution in [0, 0.1) is 26.2 Å². The van der Waals surface area contributed by atoms with Crippen LogP contribution in [0.2, 0.25) is 0 Å². The van der Waals surface area contributed by atoms with Gasteiger partial charge in [0.25, 0.3) is 0 Å². The lowest BCUT2D eigenvalue weighted by molar-refractivity contribution is 0.766. The molecule has 0 atom stereocenters. The fourth-order valence-corrected chi connectivity index (χ4v) is 1.23. The summed E-state index contributed by atoms with van der Waals surface area (Å²) in [6.45, 7) is 5.60. The molecule has 0 saturated carbocycles. The fraction of sp³-hybridized carbons (Fsp3) is 0.400. The van der Waals surface area contributed by atoms with Gasteiger partial charge in [0.15, 0.2) is 0 Å². The molecule has 2 heteroatoms. The summed E-state index contributed by atoms with van der Waals surface area (Å²) < 4.78 is 0. The van der Waals surface area contributed by atoms with Crippen molar-refractivity contribution in [2.24, 2.45) is 0 Å². The highest BCUT2D eigenvalue weighted by atomic mass is 14.9. The lowest BCUT2D eigenvalue weighted by Gasteiger charge is -1.98. The highest BCUT2D eigenvalue weighted by molar-refractivity contribution is 5.24. The maximum absolute atomic E-state index is 5.12. The number of terminal acetylenes is 1. The van der Waals surface area contributed by atoms with Gasteiger partial charge in [-0.2, -0.15) is 0 Å². The minimum Gasteiger partial charge on any atom is -0.362 e. The van der Waals surface area contributed by atoms with Crippen LogP contribution in [0.3, 0.4) is 0 Å². The Morgan fingerprint density at radius 1 is 1.58 bits per heavy atom. The van der Waals surface area contributed by atoms with Crippen LogP contribution in [-0.2, 0) is 6.54 Å². The first-order valence-electron chi connectivity index (χ1n) is 4.03. The number of aromatic amines is 1. The smallest absolute Gasteiger partial charge is 0.0576 e. The van der Waals surface area contributed by atoms with E-state index in [0.717, 1.165) is 6.54 Å². The van der Waals surface area contributed by atoms with Gasteiger partial charge in [0.05, 0.1) is 6.54 Å². The van der Waals surface area contributed by atoms with Crippen LogP contribution in [0.1, 0.15) is 17.0 Å². The third kappa shape index (κ3) is 2.14. The second-order valence-electron chi connectivity index (χ2n) is 2.91. The van der Waals surface area contributed by atoms with Crippen molar-refractivity contribution in [3.05, 3.63) is 23.0 Å². The summed E-state index contributed by atoms with van der Waals surface area (Å²) in [5.41, 5.74) is 3.71. The standard InChI is InChI=1S/C10H14N2/c1-4-5-11-7-10-6-8(2)12-9(10)3/h1,6,11-12H,5,7H2,2-3H3. The summed E-state index contributed by atoms with van der Waals surface area (Å²) in [4.78, 5) is 3.24. The minimum absolute atomic E-state index is 0.629. The van der Waals surface area contributed by atoms with Crippen molar-refractivity contribution in [2.75, 3.05) is 6.54 Å². The quantitative estimate of drug-likeness (QED) is 0.509. The molecule has 2 nitrogen and oxygen atoms in total. The summed E-state index contributed by atoms with van der Waals surface area (Å²) in [6.07, 6.45) is 5.12. The highest BCUT2D eigenvalue weighted by Gasteiger charge is 1.99. The number of aromatic nitrogens is 1. The van der Waals surface area contributed by atoms with Crippen LogP contribution < -0.4 is 5.32 Å². The molecule has 1 aromatic rings. The van der Waals surface area contributed by atoms with E-state index in [4.69, 9.17) is 6.42 Å². The van der Waals surface area contributed by atoms with Crippen molar-refractivity contribution < 1.29 is 0 Å². The number of rotatable bonds is 3. The molecule has 0 aliphatic heterocycles. The average Bonchev–Trinajstić information content (AvgIpc) is 2.31. The minimum atomic E-state index is 0.629. The van der Waals surface area contributed by atoms with Gasteiger partial charge in [-0.15, -0.1) is 6.42 Å². The van der Waals surface area contributed by atoms with Crippen LogP contribution in [-0.4, -0.2) is 11.5 Å². The van der Waals surface area contributed by atoms with Crippen LogP contribution in [0.4, 0.5) is 0 Å². The summed E-state index contributed by atoms with van der Waals surface area (Å²) in [6, 6.07) is 2.14. The molecule has 12 heavy (non-hydrogen) atoms. The van der Waals surface area contributed by atoms with Crippen molar-refractivity contribution >= 4 is 0 Å². The van der Waals surface area contributed by atoms with Crippen molar-refractivity contribution in [1.82, 2.24) is 10.3 Å². The van der Waals surface area contributed by atoms with E-state index in [9.17, 15) is 0 Å². The van der Waals surface area contributed by atoms with E-state index in [-0.39, 0.29) is 0 Å². The molecular formula is C10H14N2. The number of hydrogen-bond acceptors (Lipinski definition) is 1. The number of aryl methyl sites for hydroxylation is 2. The maximum atomic E-state index is 5.12. The highest BCUT2D eigenvalue weighted by Crippen LogP contribution is 2.07. The van der Waals surface area contributed by atoms with E-state index < -0.39 is 0 Å². The van der Waals surface area contributed by atoms with Gasteiger partial charge < -0.3 is 10.3 Å². The van der Waals surface area contributed by atoms with Gasteiger partial charge in [-0.05, 0) is 25.5 Å². The first-order valence-corrected chi connectivity index (χ1v) is 4.03. The Hall–Kier alpha value is -1.20. The first kappa shape index (κ1) is 8.89. The molecular weight excluding hydrogens is 148 g/mol. The van der Waals surface area contributed by atoms with Gasteiger partial charge >= 0.3 is 0 Å². The lowest BCUT2D eigenvalue weighted by Crippen LogP contribution is -2.13. The van der Waals surface area contributed by atoms with E-state index in [2.05, 4.69) is 36.1 Å². The lowest BCUT2D eigenvalue weighted by atomic mass is 10.2. The Morgan fingerprint density at radius 3 is 2.83 bits per heavy atom. The molecule has 1 heterocycles. The van der Waals surface area contributed by atoms with Crippen LogP contribution in [0.5, 0.6) is 0 Å². The summed E-state index contributed by atoms with van der Waals surface area (Å²) in [5, 5.41) is 3.15. The van der Waals surface area contributed by atoms with E-state index in [1.165, 1.54) is 17.0 Å². The molecule has 64 valence electrons. The number of H-pyrrole nitrogens is 1. The normalized spacial score (nSPS) is 9.75. The second-order valence-corrected chi connectivity index (χ2v) is 2.91. The SMILES string of the molecule is C#CCNCc1cc(C)[nH]c1C. The molecule has 0 radical (unpaired) electrons. The van der Waals surface area contributed by atoms with E-state index in [1.807, 2.05) is 0 Å². The summed E-state index contributed by atoms with van der Waals surface area (Å²) in [7, 11) is 0. The first-order chi connectivity index (χ1) is 5.74. The summed E-state index contributed by atoms with van der Waals surface area (Å²) in [5.74, 6) is 2.54. The van der Waals surface area contributed by atoms with Gasteiger partial charge in [0, 0.05) is 17.9 Å². The predicted molar refractivity (Wildman–Crippen MR) is 50.8 cm³/mol. The van der Waals surface area contributed by atoms with Crippen molar-refractivity contribution in [3.8, 4) is 12.3 Å². The predicted octanol–water partition coefficient (Wildman–Crippen LogP) is 1.35. The Kier molecular flexibility index (Phi) is 2.95. The average molecular weight is 162 g/mol. The third-order valence-electron chi connectivity index (χ3n) is 1.80. The molecule has 0 bridgehead atoms. The Labute approximate surface area is 73.4 Å². The zero-order valence-electron chi connectivity index (χ0n) is 7.57. The van der Waals surface area contributed by atoms with Crippen molar-refractivity contribution in [2.45, 2.75) is 20.4 Å². The Balaban J connectivity index is 2.52. The molecule has 1 rings (SSSR count).